The van der Waals surface area contributed by atoms with Gasteiger partial charge in [-0.05, 0) is 72.6 Å². The van der Waals surface area contributed by atoms with Gasteiger partial charge >= 0.3 is 12.2 Å². The number of carboxylic acid groups (broad SMARTS) is 1. The first-order valence-electron chi connectivity index (χ1n) is 19.5. The average molecular weight is 809 g/mol. The topological polar surface area (TPSA) is 177 Å². The third kappa shape index (κ3) is 8.24. The lowest BCUT2D eigenvalue weighted by atomic mass is 10.00. The molecule has 16 heteroatoms. The van der Waals surface area contributed by atoms with Crippen molar-refractivity contribution in [1.82, 2.24) is 40.0 Å². The number of methoxy groups -OCH3 is 1. The van der Waals surface area contributed by atoms with E-state index in [-0.39, 0.29) is 28.9 Å². The molecule has 7 rings (SSSR count). The van der Waals surface area contributed by atoms with Crippen molar-refractivity contribution in [2.24, 2.45) is 5.92 Å². The smallest absolute Gasteiger partial charge is 0.407 e. The standard InChI is InChI=1S/C43H46F2N8O6/c1-24(2)37(51(3)43(57)58)41(55)53-19-9-13-35(53)39-47-23-33(49-39)29-17-15-27(21-31(29)45)26-14-16-28(30(44)20-26)32-22-46-38(48-32)34-12-8-18-52(34)40(54)36(50-42(56)59-4)25-10-6-5-7-11-25/h5-7,10-11,14-17,20-24,34-37H,8-9,12-13,18-19H2,1-4H3,(H,46,48)(H,47,49)(H,50,56)(H,57,58)/t34?,35-,36?,37-/m0/s1. The van der Waals surface area contributed by atoms with Gasteiger partial charge in [0.05, 0.1) is 43.0 Å². The zero-order chi connectivity index (χ0) is 42.0. The van der Waals surface area contributed by atoms with E-state index in [0.29, 0.717) is 78.5 Å². The van der Waals surface area contributed by atoms with E-state index in [1.165, 1.54) is 38.7 Å². The van der Waals surface area contributed by atoms with Crippen LogP contribution in [0, 0.1) is 17.6 Å². The van der Waals surface area contributed by atoms with E-state index >= 15 is 8.78 Å². The molecular weight excluding hydrogens is 763 g/mol. The van der Waals surface area contributed by atoms with Crippen LogP contribution >= 0.6 is 0 Å². The first kappa shape index (κ1) is 40.6. The molecule has 59 heavy (non-hydrogen) atoms. The molecular formula is C43H46F2N8O6. The Morgan fingerprint density at radius 3 is 1.78 bits per heavy atom. The van der Waals surface area contributed by atoms with Gasteiger partial charge in [-0.3, -0.25) is 14.5 Å². The molecule has 14 nitrogen and oxygen atoms in total. The van der Waals surface area contributed by atoms with Gasteiger partial charge in [-0.25, -0.2) is 28.3 Å². The molecule has 4 heterocycles. The second-order valence-electron chi connectivity index (χ2n) is 15.2. The number of halogens is 2. The summed E-state index contributed by atoms with van der Waals surface area (Å²) in [6.45, 7) is 4.49. The van der Waals surface area contributed by atoms with Gasteiger partial charge in [0.15, 0.2) is 0 Å². The van der Waals surface area contributed by atoms with Crippen LogP contribution in [0.3, 0.4) is 0 Å². The predicted molar refractivity (Wildman–Crippen MR) is 213 cm³/mol. The van der Waals surface area contributed by atoms with Crippen molar-refractivity contribution in [1.29, 1.82) is 0 Å². The number of likely N-dealkylation sites (tertiary alicyclic amines) is 2. The van der Waals surface area contributed by atoms with E-state index in [2.05, 4.69) is 25.3 Å². The molecule has 4 N–H and O–H groups in total. The number of hydrogen-bond acceptors (Lipinski definition) is 7. The van der Waals surface area contributed by atoms with E-state index in [0.717, 1.165) is 4.90 Å². The SMILES string of the molecule is COC(=O)NC(C(=O)N1CCCC1c1ncc(-c2ccc(-c3ccc(-c4cnc([C@@H]5CCCN5C(=O)[C@H](C(C)C)N(C)C(=O)O)[nH]4)c(F)c3)cc2F)[nH]1)c1ccccc1. The third-order valence-corrected chi connectivity index (χ3v) is 11.2. The highest BCUT2D eigenvalue weighted by atomic mass is 19.1. The number of alkyl carbamates (subject to hydrolysis) is 1. The highest BCUT2D eigenvalue weighted by Gasteiger charge is 2.40. The van der Waals surface area contributed by atoms with Crippen LogP contribution in [0.5, 0.6) is 0 Å². The van der Waals surface area contributed by atoms with Crippen LogP contribution in [-0.4, -0.2) is 97.0 Å². The minimum absolute atomic E-state index is 0.242. The summed E-state index contributed by atoms with van der Waals surface area (Å²) in [5.41, 5.74) is 2.80. The van der Waals surface area contributed by atoms with Crippen LogP contribution in [-0.2, 0) is 14.3 Å². The number of aromatic amines is 2. The maximum absolute atomic E-state index is 15.8. The number of hydrogen-bond donors (Lipinski definition) is 4. The number of aromatic nitrogens is 4. The van der Waals surface area contributed by atoms with E-state index < -0.39 is 48.0 Å². The van der Waals surface area contributed by atoms with Crippen LogP contribution in [0.4, 0.5) is 18.4 Å². The fourth-order valence-corrected chi connectivity index (χ4v) is 8.20. The number of likely N-dealkylation sites (N-methyl/N-ethyl adjacent to an activating group) is 1. The Bertz CT molecular complexity index is 2350. The molecule has 2 aromatic heterocycles. The Balaban J connectivity index is 1.06. The van der Waals surface area contributed by atoms with Crippen molar-refractivity contribution in [3.05, 3.63) is 108 Å². The summed E-state index contributed by atoms with van der Waals surface area (Å²) in [5, 5.41) is 12.2. The second-order valence-corrected chi connectivity index (χ2v) is 15.2. The van der Waals surface area contributed by atoms with E-state index in [1.807, 2.05) is 6.07 Å². The molecule has 2 aliphatic heterocycles. The molecule has 0 bridgehead atoms. The fourth-order valence-electron chi connectivity index (χ4n) is 8.20. The maximum atomic E-state index is 15.8. The van der Waals surface area contributed by atoms with Gasteiger partial charge in [-0.1, -0.05) is 56.3 Å². The van der Waals surface area contributed by atoms with Gasteiger partial charge in [0, 0.05) is 31.3 Å². The van der Waals surface area contributed by atoms with Gasteiger partial charge in [-0.2, -0.15) is 0 Å². The molecule has 2 fully saturated rings. The quantitative estimate of drug-likeness (QED) is 0.106. The first-order valence-corrected chi connectivity index (χ1v) is 19.5. The molecule has 4 atom stereocenters. The predicted octanol–water partition coefficient (Wildman–Crippen LogP) is 7.47. The summed E-state index contributed by atoms with van der Waals surface area (Å²) in [7, 11) is 2.62. The summed E-state index contributed by atoms with van der Waals surface area (Å²) in [6.07, 6.45) is 3.75. The van der Waals surface area contributed by atoms with Crippen molar-refractivity contribution in [3.8, 4) is 33.6 Å². The van der Waals surface area contributed by atoms with Crippen LogP contribution in [0.1, 0.15) is 74.9 Å². The Morgan fingerprint density at radius 2 is 1.32 bits per heavy atom. The maximum Gasteiger partial charge on any atom is 0.407 e. The van der Waals surface area contributed by atoms with Gasteiger partial charge in [0.1, 0.15) is 35.4 Å². The van der Waals surface area contributed by atoms with Crippen LogP contribution in [0.2, 0.25) is 0 Å². The lowest BCUT2D eigenvalue weighted by Crippen LogP contribution is -2.51. The largest absolute Gasteiger partial charge is 0.465 e. The summed E-state index contributed by atoms with van der Waals surface area (Å²) in [5.74, 6) is -1.03. The molecule has 0 radical (unpaired) electrons. The Morgan fingerprint density at radius 1 is 0.814 bits per heavy atom. The van der Waals surface area contributed by atoms with Gasteiger partial charge in [-0.15, -0.1) is 0 Å². The number of ether oxygens (including phenoxy) is 1. The third-order valence-electron chi connectivity index (χ3n) is 11.2. The first-order chi connectivity index (χ1) is 28.4. The molecule has 0 aliphatic carbocycles. The minimum atomic E-state index is -1.19. The van der Waals surface area contributed by atoms with Gasteiger partial charge in [0.25, 0.3) is 5.91 Å². The van der Waals surface area contributed by atoms with Gasteiger partial charge in [0.2, 0.25) is 5.91 Å². The number of nitrogens with one attached hydrogen (secondary N) is 3. The van der Waals surface area contributed by atoms with Crippen molar-refractivity contribution >= 4 is 24.0 Å². The Kier molecular flexibility index (Phi) is 11.8. The monoisotopic (exact) mass is 808 g/mol. The lowest BCUT2D eigenvalue weighted by molar-refractivity contribution is -0.138. The molecule has 2 aliphatic rings. The highest BCUT2D eigenvalue weighted by molar-refractivity contribution is 5.88. The molecule has 5 aromatic rings. The second kappa shape index (κ2) is 17.1. The zero-order valence-corrected chi connectivity index (χ0v) is 33.1. The number of imidazole rings is 2. The highest BCUT2D eigenvalue weighted by Crippen LogP contribution is 2.37. The number of benzene rings is 3. The van der Waals surface area contributed by atoms with E-state index in [4.69, 9.17) is 4.74 Å². The lowest BCUT2D eigenvalue weighted by Gasteiger charge is -2.33. The van der Waals surface area contributed by atoms with Crippen molar-refractivity contribution < 1.29 is 37.8 Å². The molecule has 0 saturated carbocycles. The van der Waals surface area contributed by atoms with Gasteiger partial charge < -0.3 is 34.9 Å². The molecule has 3 aromatic carbocycles. The Hall–Kier alpha value is -6.58. The van der Waals surface area contributed by atoms with E-state index in [9.17, 15) is 24.3 Å². The number of carbonyl (C=O) groups is 4. The summed E-state index contributed by atoms with van der Waals surface area (Å²) >= 11 is 0. The van der Waals surface area contributed by atoms with Crippen LogP contribution in [0.25, 0.3) is 33.6 Å². The number of rotatable bonds is 11. The number of amides is 4. The molecule has 2 unspecified atom stereocenters. The Labute approximate surface area is 339 Å². The molecule has 2 saturated heterocycles. The van der Waals surface area contributed by atoms with Crippen molar-refractivity contribution in [3.63, 3.8) is 0 Å². The molecule has 0 spiro atoms. The van der Waals surface area contributed by atoms with Crippen molar-refractivity contribution in [2.75, 3.05) is 27.2 Å². The minimum Gasteiger partial charge on any atom is -0.465 e. The fraction of sp³-hybridized carbons (Fsp3) is 0.349. The zero-order valence-electron chi connectivity index (χ0n) is 33.1. The van der Waals surface area contributed by atoms with Crippen LogP contribution < -0.4 is 5.32 Å². The molecule has 308 valence electrons. The average Bonchev–Trinajstić information content (AvgIpc) is 4.07. The number of nitrogens with zero attached hydrogens (tertiary/aromatic N) is 5. The van der Waals surface area contributed by atoms with Crippen LogP contribution in [0.15, 0.2) is 79.1 Å². The number of H-pyrrole nitrogens is 2. The normalized spacial score (nSPS) is 17.5. The summed E-state index contributed by atoms with van der Waals surface area (Å²) < 4.78 is 36.3. The summed E-state index contributed by atoms with van der Waals surface area (Å²) in [4.78, 5) is 71.1. The van der Waals surface area contributed by atoms with Crippen molar-refractivity contribution in [2.45, 2.75) is 63.7 Å². The number of carbonyl (C=O) groups excluding carboxylic acids is 3. The summed E-state index contributed by atoms with van der Waals surface area (Å²) in [6, 6.07) is 15.4. The molecule has 4 amide bonds. The van der Waals surface area contributed by atoms with E-state index in [1.54, 1.807) is 72.2 Å².